The van der Waals surface area contributed by atoms with Crippen molar-refractivity contribution in [2.75, 3.05) is 6.61 Å². The van der Waals surface area contributed by atoms with Crippen LogP contribution in [0.5, 0.6) is 0 Å². The lowest BCUT2D eigenvalue weighted by Gasteiger charge is -2.27. The van der Waals surface area contributed by atoms with Crippen LogP contribution in [0.1, 0.15) is 34.6 Å². The molecule has 0 bridgehead atoms. The van der Waals surface area contributed by atoms with E-state index in [-0.39, 0.29) is 6.61 Å². The first kappa shape index (κ1) is 15.5. The summed E-state index contributed by atoms with van der Waals surface area (Å²) < 4.78 is 42.2. The molecular weight excluding hydrogens is 238 g/mol. The second kappa shape index (κ2) is 5.21. The molecule has 0 aliphatic rings. The van der Waals surface area contributed by atoms with Crippen LogP contribution in [0.3, 0.4) is 0 Å². The van der Waals surface area contributed by atoms with Gasteiger partial charge in [0.2, 0.25) is 0 Å². The fraction of sp³-hybridized carbons (Fsp3) is 0.900. The standard InChI is InChI=1S/C10H18F2O3S/c1-6-15-8(13)10(11,12)7(2)16(14)9(3,4)5/h7H,6H2,1-5H3/t7?,16-/m1/s1. The molecule has 6 heteroatoms. The van der Waals surface area contributed by atoms with Gasteiger partial charge < -0.3 is 4.74 Å². The summed E-state index contributed by atoms with van der Waals surface area (Å²) in [4.78, 5) is 11.0. The van der Waals surface area contributed by atoms with E-state index in [0.717, 1.165) is 6.92 Å². The molecule has 96 valence electrons. The van der Waals surface area contributed by atoms with Crippen LogP contribution in [0.15, 0.2) is 0 Å². The van der Waals surface area contributed by atoms with Crippen LogP contribution >= 0.6 is 0 Å². The molecule has 0 aromatic heterocycles. The zero-order chi connectivity index (χ0) is 13.1. The van der Waals surface area contributed by atoms with E-state index >= 15 is 0 Å². The van der Waals surface area contributed by atoms with Crippen LogP contribution in [0.2, 0.25) is 0 Å². The summed E-state index contributed by atoms with van der Waals surface area (Å²) in [5, 5.41) is -1.56. The molecule has 0 heterocycles. The predicted molar refractivity (Wildman–Crippen MR) is 58.9 cm³/mol. The Morgan fingerprint density at radius 1 is 1.38 bits per heavy atom. The van der Waals surface area contributed by atoms with Crippen LogP contribution < -0.4 is 0 Å². The minimum Gasteiger partial charge on any atom is -0.462 e. The van der Waals surface area contributed by atoms with Crippen molar-refractivity contribution in [3.63, 3.8) is 0 Å². The fourth-order valence-corrected chi connectivity index (χ4v) is 2.48. The number of esters is 1. The van der Waals surface area contributed by atoms with Gasteiger partial charge in [-0.25, -0.2) is 4.79 Å². The van der Waals surface area contributed by atoms with Crippen LogP contribution in [0, 0.1) is 0 Å². The van der Waals surface area contributed by atoms with E-state index in [1.165, 1.54) is 6.92 Å². The molecule has 0 radical (unpaired) electrons. The number of carbonyl (C=O) groups excluding carboxylic acids is 1. The van der Waals surface area contributed by atoms with Crippen molar-refractivity contribution in [1.82, 2.24) is 0 Å². The molecule has 0 aliphatic carbocycles. The maximum atomic E-state index is 13.5. The maximum Gasteiger partial charge on any atom is 0.378 e. The minimum absolute atomic E-state index is 0.122. The SMILES string of the molecule is CCOC(=O)C(F)(F)C(C)[S@@](=O)C(C)(C)C. The average Bonchev–Trinajstić information content (AvgIpc) is 2.14. The number of rotatable bonds is 4. The summed E-state index contributed by atoms with van der Waals surface area (Å²) in [5.41, 5.74) is 0. The molecule has 0 aromatic rings. The van der Waals surface area contributed by atoms with Crippen molar-refractivity contribution in [2.24, 2.45) is 0 Å². The van der Waals surface area contributed by atoms with E-state index < -0.39 is 32.7 Å². The number of hydrogen-bond donors (Lipinski definition) is 0. The molecule has 0 amide bonds. The first-order chi connectivity index (χ1) is 7.05. The Balaban J connectivity index is 4.90. The highest BCUT2D eigenvalue weighted by Crippen LogP contribution is 2.29. The van der Waals surface area contributed by atoms with Gasteiger partial charge in [-0.3, -0.25) is 4.21 Å². The first-order valence-corrected chi connectivity index (χ1v) is 6.22. The van der Waals surface area contributed by atoms with Crippen LogP contribution in [0.4, 0.5) is 8.78 Å². The van der Waals surface area contributed by atoms with Gasteiger partial charge >= 0.3 is 11.9 Å². The molecule has 3 nitrogen and oxygen atoms in total. The minimum atomic E-state index is -3.71. The summed E-state index contributed by atoms with van der Waals surface area (Å²) >= 11 is 0. The monoisotopic (exact) mass is 256 g/mol. The van der Waals surface area contributed by atoms with E-state index in [1.807, 2.05) is 0 Å². The van der Waals surface area contributed by atoms with Crippen molar-refractivity contribution in [3.8, 4) is 0 Å². The fourth-order valence-electron chi connectivity index (χ4n) is 1.06. The van der Waals surface area contributed by atoms with Gasteiger partial charge in [0.05, 0.1) is 6.61 Å². The van der Waals surface area contributed by atoms with Crippen LogP contribution in [0.25, 0.3) is 0 Å². The Bertz CT molecular complexity index is 284. The molecule has 0 saturated heterocycles. The summed E-state index contributed by atoms with van der Waals surface area (Å²) in [5.74, 6) is -5.33. The molecule has 0 N–H and O–H groups in total. The van der Waals surface area contributed by atoms with Crippen molar-refractivity contribution < 1.29 is 22.5 Å². The third-order valence-corrected chi connectivity index (χ3v) is 4.13. The maximum absolute atomic E-state index is 13.5. The molecular formula is C10H18F2O3S. The highest BCUT2D eigenvalue weighted by atomic mass is 32.2. The van der Waals surface area contributed by atoms with Gasteiger partial charge in [0.1, 0.15) is 5.25 Å². The summed E-state index contributed by atoms with van der Waals surface area (Å²) in [7, 11) is -1.83. The predicted octanol–water partition coefficient (Wildman–Crippen LogP) is 2.12. The van der Waals surface area contributed by atoms with Crippen LogP contribution in [-0.2, 0) is 20.3 Å². The second-order valence-electron chi connectivity index (χ2n) is 4.40. The lowest BCUT2D eigenvalue weighted by atomic mass is 10.2. The van der Waals surface area contributed by atoms with Crippen molar-refractivity contribution in [3.05, 3.63) is 0 Å². The topological polar surface area (TPSA) is 43.4 Å². The molecule has 0 rings (SSSR count). The number of ether oxygens (including phenoxy) is 1. The highest BCUT2D eigenvalue weighted by Gasteiger charge is 2.51. The number of halogens is 2. The average molecular weight is 256 g/mol. The molecule has 1 unspecified atom stereocenters. The third-order valence-electron chi connectivity index (χ3n) is 1.98. The molecule has 16 heavy (non-hydrogen) atoms. The lowest BCUT2D eigenvalue weighted by molar-refractivity contribution is -0.170. The smallest absolute Gasteiger partial charge is 0.378 e. The summed E-state index contributed by atoms with van der Waals surface area (Å²) in [6.45, 7) is 7.17. The Morgan fingerprint density at radius 3 is 2.12 bits per heavy atom. The summed E-state index contributed by atoms with van der Waals surface area (Å²) in [6, 6.07) is 0. The molecule has 0 spiro atoms. The molecule has 0 aliphatic heterocycles. The third kappa shape index (κ3) is 3.50. The molecule has 0 aromatic carbocycles. The van der Waals surface area contributed by atoms with Crippen molar-refractivity contribution >= 4 is 16.8 Å². The van der Waals surface area contributed by atoms with Crippen molar-refractivity contribution in [1.29, 1.82) is 0 Å². The number of hydrogen-bond acceptors (Lipinski definition) is 3. The van der Waals surface area contributed by atoms with E-state index in [4.69, 9.17) is 0 Å². The Morgan fingerprint density at radius 2 is 1.81 bits per heavy atom. The van der Waals surface area contributed by atoms with E-state index in [0.29, 0.717) is 0 Å². The van der Waals surface area contributed by atoms with Gasteiger partial charge in [0, 0.05) is 15.5 Å². The van der Waals surface area contributed by atoms with Gasteiger partial charge in [-0.05, 0) is 34.6 Å². The highest BCUT2D eigenvalue weighted by molar-refractivity contribution is 7.87. The Labute approximate surface area is 97.0 Å². The van der Waals surface area contributed by atoms with Crippen LogP contribution in [-0.4, -0.2) is 32.7 Å². The zero-order valence-corrected chi connectivity index (χ0v) is 11.0. The Kier molecular flexibility index (Phi) is 5.04. The molecule has 0 saturated carbocycles. The second-order valence-corrected chi connectivity index (χ2v) is 6.92. The van der Waals surface area contributed by atoms with Gasteiger partial charge in [-0.2, -0.15) is 8.78 Å². The van der Waals surface area contributed by atoms with Gasteiger partial charge in [-0.1, -0.05) is 0 Å². The normalized spacial score (nSPS) is 16.7. The van der Waals surface area contributed by atoms with Gasteiger partial charge in [-0.15, -0.1) is 0 Å². The number of alkyl halides is 2. The zero-order valence-electron chi connectivity index (χ0n) is 10.2. The van der Waals surface area contributed by atoms with Crippen molar-refractivity contribution in [2.45, 2.75) is 50.5 Å². The summed E-state index contributed by atoms with van der Waals surface area (Å²) in [6.07, 6.45) is 0. The van der Waals surface area contributed by atoms with E-state index in [9.17, 15) is 17.8 Å². The molecule has 2 atom stereocenters. The first-order valence-electron chi connectivity index (χ1n) is 5.00. The molecule has 0 fully saturated rings. The number of carbonyl (C=O) groups is 1. The largest absolute Gasteiger partial charge is 0.462 e. The quantitative estimate of drug-likeness (QED) is 0.724. The van der Waals surface area contributed by atoms with E-state index in [2.05, 4.69) is 4.74 Å². The Hall–Kier alpha value is -0.520. The lowest BCUT2D eigenvalue weighted by Crippen LogP contribution is -2.47. The van der Waals surface area contributed by atoms with E-state index in [1.54, 1.807) is 20.8 Å². The van der Waals surface area contributed by atoms with Gasteiger partial charge in [0.15, 0.2) is 0 Å². The van der Waals surface area contributed by atoms with Gasteiger partial charge in [0.25, 0.3) is 0 Å².